The summed E-state index contributed by atoms with van der Waals surface area (Å²) < 4.78 is 41.0. The molecule has 2 aromatic carbocycles. The first-order chi connectivity index (χ1) is 9.36. The molecule has 0 fully saturated rings. The minimum atomic E-state index is -4.77. The third-order valence-corrected chi connectivity index (χ3v) is 3.44. The van der Waals surface area contributed by atoms with Crippen LogP contribution in [0.15, 0.2) is 53.4 Å². The lowest BCUT2D eigenvalue weighted by atomic mass is 10.1. The number of hydrogen-bond donors (Lipinski definition) is 0. The summed E-state index contributed by atoms with van der Waals surface area (Å²) in [6, 6.07) is 13.4. The number of hydrogen-bond acceptors (Lipinski definition) is 3. The van der Waals surface area contributed by atoms with Crippen molar-refractivity contribution in [1.29, 1.82) is 0 Å². The van der Waals surface area contributed by atoms with Crippen molar-refractivity contribution in [3.63, 3.8) is 0 Å². The molecule has 0 aromatic heterocycles. The standard InChI is InChI=1S/C15H15FO3S/c1-11(2)19-14-8-13(12-6-4-3-5-7-12)9-15(10-14)20(16,17)18/h3-11H,1-2H3. The molecule has 0 saturated heterocycles. The Labute approximate surface area is 118 Å². The van der Waals surface area contributed by atoms with Crippen LogP contribution >= 0.6 is 0 Å². The molecule has 2 rings (SSSR count). The van der Waals surface area contributed by atoms with E-state index in [0.717, 1.165) is 5.56 Å². The second kappa shape index (κ2) is 5.63. The predicted molar refractivity (Wildman–Crippen MR) is 75.9 cm³/mol. The van der Waals surface area contributed by atoms with E-state index in [-0.39, 0.29) is 6.10 Å². The molecule has 0 heterocycles. The Hall–Kier alpha value is -1.88. The maximum Gasteiger partial charge on any atom is 0.332 e. The normalized spacial score (nSPS) is 11.6. The van der Waals surface area contributed by atoms with Gasteiger partial charge < -0.3 is 4.74 Å². The van der Waals surface area contributed by atoms with Gasteiger partial charge >= 0.3 is 10.2 Å². The van der Waals surface area contributed by atoms with Gasteiger partial charge in [-0.05, 0) is 37.1 Å². The lowest BCUT2D eigenvalue weighted by Gasteiger charge is -2.12. The summed E-state index contributed by atoms with van der Waals surface area (Å²) in [7, 11) is -4.77. The lowest BCUT2D eigenvalue weighted by molar-refractivity contribution is 0.242. The highest BCUT2D eigenvalue weighted by atomic mass is 32.3. The van der Waals surface area contributed by atoms with E-state index < -0.39 is 15.1 Å². The molecule has 0 aliphatic heterocycles. The van der Waals surface area contributed by atoms with E-state index in [2.05, 4.69) is 0 Å². The van der Waals surface area contributed by atoms with Gasteiger partial charge in [0.25, 0.3) is 0 Å². The van der Waals surface area contributed by atoms with Crippen LogP contribution in [-0.2, 0) is 10.2 Å². The predicted octanol–water partition coefficient (Wildman–Crippen LogP) is 3.80. The zero-order valence-electron chi connectivity index (χ0n) is 11.2. The molecule has 106 valence electrons. The maximum absolute atomic E-state index is 13.3. The Kier molecular flexibility index (Phi) is 4.09. The van der Waals surface area contributed by atoms with Crippen molar-refractivity contribution < 1.29 is 17.0 Å². The van der Waals surface area contributed by atoms with Gasteiger partial charge in [0.2, 0.25) is 0 Å². The summed E-state index contributed by atoms with van der Waals surface area (Å²) in [4.78, 5) is -0.394. The summed E-state index contributed by atoms with van der Waals surface area (Å²) in [5, 5.41) is 0. The minimum absolute atomic E-state index is 0.129. The molecule has 20 heavy (non-hydrogen) atoms. The molecule has 0 saturated carbocycles. The maximum atomic E-state index is 13.3. The van der Waals surface area contributed by atoms with Gasteiger partial charge in [-0.15, -0.1) is 3.89 Å². The second-order valence-corrected chi connectivity index (χ2v) is 6.01. The van der Waals surface area contributed by atoms with E-state index in [1.165, 1.54) is 12.1 Å². The van der Waals surface area contributed by atoms with E-state index >= 15 is 0 Å². The SMILES string of the molecule is CC(C)Oc1cc(-c2ccccc2)cc(S(=O)(=O)F)c1. The first kappa shape index (κ1) is 14.5. The van der Waals surface area contributed by atoms with Gasteiger partial charge in [0, 0.05) is 6.07 Å². The molecule has 0 bridgehead atoms. The summed E-state index contributed by atoms with van der Waals surface area (Å²) in [6.45, 7) is 3.64. The van der Waals surface area contributed by atoms with Crippen molar-refractivity contribution in [2.45, 2.75) is 24.8 Å². The highest BCUT2D eigenvalue weighted by molar-refractivity contribution is 7.86. The molecule has 0 spiro atoms. The lowest BCUT2D eigenvalue weighted by Crippen LogP contribution is -2.06. The number of ether oxygens (including phenoxy) is 1. The van der Waals surface area contributed by atoms with Crippen molar-refractivity contribution in [2.75, 3.05) is 0 Å². The van der Waals surface area contributed by atoms with Gasteiger partial charge in [0.15, 0.2) is 0 Å². The van der Waals surface area contributed by atoms with Gasteiger partial charge in [0.05, 0.1) is 6.10 Å². The van der Waals surface area contributed by atoms with Crippen molar-refractivity contribution >= 4 is 10.2 Å². The van der Waals surface area contributed by atoms with E-state index in [1.54, 1.807) is 6.07 Å². The van der Waals surface area contributed by atoms with Crippen LogP contribution in [-0.4, -0.2) is 14.5 Å². The molecule has 0 unspecified atom stereocenters. The fourth-order valence-corrected chi connectivity index (χ4v) is 2.37. The van der Waals surface area contributed by atoms with Crippen molar-refractivity contribution in [1.82, 2.24) is 0 Å². The first-order valence-electron chi connectivity index (χ1n) is 6.18. The van der Waals surface area contributed by atoms with E-state index in [0.29, 0.717) is 11.3 Å². The van der Waals surface area contributed by atoms with Crippen LogP contribution in [0.25, 0.3) is 11.1 Å². The van der Waals surface area contributed by atoms with Crippen LogP contribution in [0.1, 0.15) is 13.8 Å². The topological polar surface area (TPSA) is 43.4 Å². The van der Waals surface area contributed by atoms with Crippen LogP contribution in [0.5, 0.6) is 5.75 Å². The summed E-state index contributed by atoms with van der Waals surface area (Å²) in [6.07, 6.45) is -0.129. The summed E-state index contributed by atoms with van der Waals surface area (Å²) in [5.41, 5.74) is 1.39. The Balaban J connectivity index is 2.57. The highest BCUT2D eigenvalue weighted by Gasteiger charge is 2.16. The second-order valence-electron chi connectivity index (χ2n) is 4.66. The van der Waals surface area contributed by atoms with Gasteiger partial charge in [-0.2, -0.15) is 8.42 Å². The summed E-state index contributed by atoms with van der Waals surface area (Å²) >= 11 is 0. The highest BCUT2D eigenvalue weighted by Crippen LogP contribution is 2.29. The zero-order chi connectivity index (χ0) is 14.8. The average Bonchev–Trinajstić information content (AvgIpc) is 2.37. The van der Waals surface area contributed by atoms with Crippen LogP contribution in [0.3, 0.4) is 0 Å². The largest absolute Gasteiger partial charge is 0.491 e. The molecule has 0 radical (unpaired) electrons. The molecule has 0 N–H and O–H groups in total. The molecule has 0 aliphatic carbocycles. The monoisotopic (exact) mass is 294 g/mol. The van der Waals surface area contributed by atoms with Crippen LogP contribution in [0.2, 0.25) is 0 Å². The third kappa shape index (κ3) is 3.57. The van der Waals surface area contributed by atoms with Crippen LogP contribution in [0.4, 0.5) is 3.89 Å². The molecule has 0 atom stereocenters. The number of rotatable bonds is 4. The van der Waals surface area contributed by atoms with Gasteiger partial charge in [-0.1, -0.05) is 30.3 Å². The van der Waals surface area contributed by atoms with Gasteiger partial charge in [-0.25, -0.2) is 0 Å². The Morgan fingerprint density at radius 1 is 1.00 bits per heavy atom. The third-order valence-electron chi connectivity index (χ3n) is 2.64. The molecule has 2 aromatic rings. The Morgan fingerprint density at radius 2 is 1.65 bits per heavy atom. The molecular formula is C15H15FO3S. The molecule has 0 aliphatic rings. The molecule has 3 nitrogen and oxygen atoms in total. The van der Waals surface area contributed by atoms with Gasteiger partial charge in [0.1, 0.15) is 10.6 Å². The average molecular weight is 294 g/mol. The minimum Gasteiger partial charge on any atom is -0.491 e. The quantitative estimate of drug-likeness (QED) is 0.806. The van der Waals surface area contributed by atoms with Gasteiger partial charge in [-0.3, -0.25) is 0 Å². The van der Waals surface area contributed by atoms with E-state index in [1.807, 2.05) is 44.2 Å². The Bertz CT molecular complexity index is 694. The summed E-state index contributed by atoms with van der Waals surface area (Å²) in [5.74, 6) is 0.331. The smallest absolute Gasteiger partial charge is 0.332 e. The van der Waals surface area contributed by atoms with Crippen molar-refractivity contribution in [3.8, 4) is 16.9 Å². The molecule has 0 amide bonds. The van der Waals surface area contributed by atoms with Crippen LogP contribution in [0, 0.1) is 0 Å². The zero-order valence-corrected chi connectivity index (χ0v) is 12.0. The van der Waals surface area contributed by atoms with E-state index in [4.69, 9.17) is 4.74 Å². The fraction of sp³-hybridized carbons (Fsp3) is 0.200. The van der Waals surface area contributed by atoms with Crippen molar-refractivity contribution in [2.24, 2.45) is 0 Å². The number of benzene rings is 2. The Morgan fingerprint density at radius 3 is 2.20 bits per heavy atom. The first-order valence-corrected chi connectivity index (χ1v) is 7.56. The van der Waals surface area contributed by atoms with E-state index in [9.17, 15) is 12.3 Å². The molecule has 5 heteroatoms. The number of halogens is 1. The fourth-order valence-electron chi connectivity index (χ4n) is 1.85. The van der Waals surface area contributed by atoms with Crippen molar-refractivity contribution in [3.05, 3.63) is 48.5 Å². The van der Waals surface area contributed by atoms with Crippen LogP contribution < -0.4 is 4.74 Å². The molecular weight excluding hydrogens is 279 g/mol.